The second-order valence-electron chi connectivity index (χ2n) is 12.8. The summed E-state index contributed by atoms with van der Waals surface area (Å²) in [7, 11) is 1.65. The van der Waals surface area contributed by atoms with Gasteiger partial charge >= 0.3 is 6.18 Å². The first-order chi connectivity index (χ1) is 23.9. The molecule has 0 atom stereocenters. The fraction of sp³-hybridized carbons (Fsp3) is 0.342. The molecule has 1 aliphatic rings. The topological polar surface area (TPSA) is 63.4 Å². The van der Waals surface area contributed by atoms with Crippen molar-refractivity contribution in [3.05, 3.63) is 123 Å². The molecule has 50 heavy (non-hydrogen) atoms. The van der Waals surface area contributed by atoms with Gasteiger partial charge in [-0.1, -0.05) is 55.5 Å². The quantitative estimate of drug-likeness (QED) is 0.148. The number of fused-ring (bicyclic) bond motifs is 1. The van der Waals surface area contributed by atoms with Crippen LogP contribution in [0.15, 0.2) is 83.8 Å². The van der Waals surface area contributed by atoms with Crippen molar-refractivity contribution < 1.29 is 26.7 Å². The first kappa shape index (κ1) is 35.0. The molecule has 6 rings (SSSR count). The van der Waals surface area contributed by atoms with E-state index in [-0.39, 0.29) is 42.3 Å². The molecule has 1 fully saturated rings. The number of nitrogens with zero attached hydrogens (tertiary/aromatic N) is 5. The van der Waals surface area contributed by atoms with Gasteiger partial charge in [-0.15, -0.1) is 0 Å². The lowest BCUT2D eigenvalue weighted by atomic mass is 10.00. The number of piperidine rings is 1. The molecule has 262 valence electrons. The predicted molar refractivity (Wildman–Crippen MR) is 181 cm³/mol. The minimum Gasteiger partial charge on any atom is -0.334 e. The number of carbonyl (C=O) groups excluding carboxylic acids is 1. The van der Waals surface area contributed by atoms with E-state index in [0.717, 1.165) is 61.8 Å². The Hall–Kier alpha value is -4.84. The van der Waals surface area contributed by atoms with E-state index in [1.54, 1.807) is 17.8 Å². The Balaban J connectivity index is 1.29. The fourth-order valence-electron chi connectivity index (χ4n) is 6.80. The number of alkyl halides is 3. The second kappa shape index (κ2) is 14.6. The van der Waals surface area contributed by atoms with E-state index in [1.165, 1.54) is 35.0 Å². The highest BCUT2D eigenvalue weighted by atomic mass is 19.4. The number of amides is 1. The molecule has 5 aromatic rings. The molecule has 7 nitrogen and oxygen atoms in total. The third kappa shape index (κ3) is 7.50. The van der Waals surface area contributed by atoms with Gasteiger partial charge in [0.15, 0.2) is 11.6 Å². The minimum atomic E-state index is -4.41. The lowest BCUT2D eigenvalue weighted by Crippen LogP contribution is -2.48. The summed E-state index contributed by atoms with van der Waals surface area (Å²) in [5.74, 6) is -2.05. The zero-order chi connectivity index (χ0) is 35.6. The van der Waals surface area contributed by atoms with E-state index in [9.17, 15) is 31.5 Å². The first-order valence-corrected chi connectivity index (χ1v) is 16.7. The van der Waals surface area contributed by atoms with E-state index >= 15 is 0 Å². The molecule has 2 aromatic heterocycles. The Kier molecular flexibility index (Phi) is 10.2. The Morgan fingerprint density at radius 1 is 0.940 bits per heavy atom. The molecule has 0 N–H and O–H groups in total. The lowest BCUT2D eigenvalue weighted by Gasteiger charge is -2.38. The number of carbonyl (C=O) groups is 1. The minimum absolute atomic E-state index is 0.0477. The number of benzene rings is 3. The van der Waals surface area contributed by atoms with E-state index < -0.39 is 23.4 Å². The molecule has 0 spiro atoms. The predicted octanol–water partition coefficient (Wildman–Crippen LogP) is 7.00. The number of halogens is 5. The van der Waals surface area contributed by atoms with Crippen molar-refractivity contribution in [1.82, 2.24) is 24.1 Å². The summed E-state index contributed by atoms with van der Waals surface area (Å²) in [6.07, 6.45) is -1.01. The van der Waals surface area contributed by atoms with Gasteiger partial charge in [0, 0.05) is 44.5 Å². The average Bonchev–Trinajstić information content (AvgIpc) is 3.51. The van der Waals surface area contributed by atoms with Crippen LogP contribution in [0.2, 0.25) is 0 Å². The fourth-order valence-corrected chi connectivity index (χ4v) is 6.80. The van der Waals surface area contributed by atoms with Gasteiger partial charge in [-0.3, -0.25) is 14.3 Å². The van der Waals surface area contributed by atoms with E-state index in [4.69, 9.17) is 0 Å². The van der Waals surface area contributed by atoms with Gasteiger partial charge in [0.25, 0.3) is 0 Å². The lowest BCUT2D eigenvalue weighted by molar-refractivity contribution is -0.137. The van der Waals surface area contributed by atoms with Crippen molar-refractivity contribution in [2.75, 3.05) is 19.6 Å². The van der Waals surface area contributed by atoms with Crippen molar-refractivity contribution in [1.29, 1.82) is 0 Å². The summed E-state index contributed by atoms with van der Waals surface area (Å²) in [4.78, 5) is 31.8. The normalized spacial score (nSPS) is 14.4. The summed E-state index contributed by atoms with van der Waals surface area (Å²) in [6, 6.07) is 17.8. The maximum atomic E-state index is 14.5. The molecule has 3 aromatic carbocycles. The zero-order valence-electron chi connectivity index (χ0n) is 27.9. The van der Waals surface area contributed by atoms with Crippen LogP contribution in [0, 0.1) is 11.6 Å². The van der Waals surface area contributed by atoms with Gasteiger partial charge in [-0.25, -0.2) is 8.78 Å². The highest BCUT2D eigenvalue weighted by molar-refractivity contribution is 5.81. The Morgan fingerprint density at radius 3 is 2.24 bits per heavy atom. The zero-order valence-corrected chi connectivity index (χ0v) is 27.9. The first-order valence-electron chi connectivity index (χ1n) is 16.7. The maximum Gasteiger partial charge on any atom is 0.416 e. The maximum absolute atomic E-state index is 14.5. The summed E-state index contributed by atoms with van der Waals surface area (Å²) in [6.45, 7) is 4.91. The highest BCUT2D eigenvalue weighted by Crippen LogP contribution is 2.31. The third-order valence-electron chi connectivity index (χ3n) is 9.68. The molecule has 0 radical (unpaired) electrons. The van der Waals surface area contributed by atoms with Gasteiger partial charge in [0.05, 0.1) is 17.3 Å². The number of aryl methyl sites for hydroxylation is 3. The van der Waals surface area contributed by atoms with Gasteiger partial charge in [0.1, 0.15) is 12.1 Å². The standard InChI is InChI=1S/C38H38F5N5O2/c1-3-46-19-17-30(18-20-46)48(23-25-7-9-26(10-8-25)27-11-14-29(15-12-27)38(41,42)43)35(50)24-47-31(16-13-28-5-4-6-32(39)36(28)40)21-34(49)37-33(47)22-44-45(37)2/h4-12,14-15,21-22,30H,3,13,16-20,23-24H2,1-2H3. The Bertz CT molecular complexity index is 2030. The van der Waals surface area contributed by atoms with E-state index in [2.05, 4.69) is 16.9 Å². The Morgan fingerprint density at radius 2 is 1.60 bits per heavy atom. The molecule has 3 heterocycles. The number of aromatic nitrogens is 3. The van der Waals surface area contributed by atoms with Crippen molar-refractivity contribution >= 4 is 16.9 Å². The van der Waals surface area contributed by atoms with Crippen LogP contribution in [-0.2, 0) is 43.9 Å². The molecule has 1 amide bonds. The number of rotatable bonds is 10. The summed E-state index contributed by atoms with van der Waals surface area (Å²) in [5.41, 5.74) is 2.76. The highest BCUT2D eigenvalue weighted by Gasteiger charge is 2.31. The summed E-state index contributed by atoms with van der Waals surface area (Å²) in [5, 5.41) is 4.28. The van der Waals surface area contributed by atoms with E-state index in [0.29, 0.717) is 28.8 Å². The summed E-state index contributed by atoms with van der Waals surface area (Å²) < 4.78 is 70.9. The smallest absolute Gasteiger partial charge is 0.334 e. The van der Waals surface area contributed by atoms with Gasteiger partial charge < -0.3 is 14.4 Å². The van der Waals surface area contributed by atoms with Crippen LogP contribution >= 0.6 is 0 Å². The molecule has 1 saturated heterocycles. The molecular weight excluding hydrogens is 653 g/mol. The molecule has 0 aliphatic carbocycles. The van der Waals surface area contributed by atoms with E-state index in [1.807, 2.05) is 29.2 Å². The molecule has 1 aliphatic heterocycles. The SMILES string of the molecule is CCN1CCC(N(Cc2ccc(-c3ccc(C(F)(F)F)cc3)cc2)C(=O)Cn2c(CCc3cccc(F)c3F)cc(=O)c3c2cnn3C)CC1. The van der Waals surface area contributed by atoms with Crippen LogP contribution in [0.3, 0.4) is 0 Å². The van der Waals surface area contributed by atoms with Crippen molar-refractivity contribution in [2.24, 2.45) is 7.05 Å². The molecule has 0 saturated carbocycles. The third-order valence-corrected chi connectivity index (χ3v) is 9.68. The van der Waals surface area contributed by atoms with Crippen molar-refractivity contribution in [3.63, 3.8) is 0 Å². The summed E-state index contributed by atoms with van der Waals surface area (Å²) >= 11 is 0. The van der Waals surface area contributed by atoms with Gasteiger partial charge in [0.2, 0.25) is 11.3 Å². The van der Waals surface area contributed by atoms with Gasteiger partial charge in [-0.05, 0) is 72.7 Å². The van der Waals surface area contributed by atoms with Gasteiger partial charge in [-0.2, -0.15) is 18.3 Å². The number of pyridine rings is 1. The molecule has 0 unspecified atom stereocenters. The van der Waals surface area contributed by atoms with Crippen LogP contribution in [-0.4, -0.2) is 55.7 Å². The van der Waals surface area contributed by atoms with Crippen LogP contribution in [0.4, 0.5) is 22.0 Å². The van der Waals surface area contributed by atoms with Crippen LogP contribution in [0.1, 0.15) is 42.1 Å². The van der Waals surface area contributed by atoms with Crippen LogP contribution < -0.4 is 5.43 Å². The Labute approximate surface area is 286 Å². The van der Waals surface area contributed by atoms with Crippen LogP contribution in [0.5, 0.6) is 0 Å². The average molecular weight is 692 g/mol. The molecular formula is C38H38F5N5O2. The largest absolute Gasteiger partial charge is 0.416 e. The molecule has 0 bridgehead atoms. The van der Waals surface area contributed by atoms with Crippen LogP contribution in [0.25, 0.3) is 22.2 Å². The van der Waals surface area contributed by atoms with Crippen molar-refractivity contribution in [2.45, 2.75) is 57.9 Å². The second-order valence-corrected chi connectivity index (χ2v) is 12.8. The van der Waals surface area contributed by atoms with Crippen molar-refractivity contribution in [3.8, 4) is 11.1 Å². The monoisotopic (exact) mass is 691 g/mol. The molecule has 12 heteroatoms. The number of hydrogen-bond donors (Lipinski definition) is 0. The number of likely N-dealkylation sites (tertiary alicyclic amines) is 1. The number of hydrogen-bond acceptors (Lipinski definition) is 4.